The van der Waals surface area contributed by atoms with Crippen molar-refractivity contribution in [2.24, 2.45) is 0 Å². The molecule has 17 heavy (non-hydrogen) atoms. The van der Waals surface area contributed by atoms with Gasteiger partial charge in [0.1, 0.15) is 0 Å². The molecular weight excluding hydrogens is 231 g/mol. The van der Waals surface area contributed by atoms with E-state index in [9.17, 15) is 13.2 Å². The van der Waals surface area contributed by atoms with Gasteiger partial charge in [-0.25, -0.2) is 0 Å². The van der Waals surface area contributed by atoms with E-state index < -0.39 is 18.8 Å². The van der Waals surface area contributed by atoms with Gasteiger partial charge in [-0.05, 0) is 18.4 Å². The zero-order valence-corrected chi connectivity index (χ0v) is 9.17. The molecule has 2 rings (SSSR count). The Hall–Kier alpha value is -1.07. The Labute approximate surface area is 97.5 Å². The van der Waals surface area contributed by atoms with Gasteiger partial charge >= 0.3 is 6.18 Å². The molecule has 1 saturated carbocycles. The fourth-order valence-corrected chi connectivity index (χ4v) is 1.86. The minimum atomic E-state index is -4.56. The van der Waals surface area contributed by atoms with Crippen molar-refractivity contribution in [3.63, 3.8) is 0 Å². The molecule has 2 nitrogen and oxygen atoms in total. The lowest BCUT2D eigenvalue weighted by molar-refractivity contribution is -0.202. The van der Waals surface area contributed by atoms with Crippen LogP contribution in [0.3, 0.4) is 0 Å². The second-order valence-electron chi connectivity index (χ2n) is 4.39. The molecule has 94 valence electrons. The lowest BCUT2D eigenvalue weighted by atomic mass is 10.0. The van der Waals surface area contributed by atoms with Crippen LogP contribution in [0, 0.1) is 0 Å². The first-order valence-electron chi connectivity index (χ1n) is 5.49. The van der Waals surface area contributed by atoms with Crippen LogP contribution >= 0.6 is 0 Å². The van der Waals surface area contributed by atoms with Gasteiger partial charge in [-0.1, -0.05) is 30.3 Å². The van der Waals surface area contributed by atoms with E-state index in [1.54, 1.807) is 0 Å². The highest BCUT2D eigenvalue weighted by molar-refractivity contribution is 5.29. The molecular formula is C12H14F3NO. The first-order chi connectivity index (χ1) is 7.94. The average Bonchev–Trinajstić information content (AvgIpc) is 3.07. The molecule has 0 heterocycles. The molecule has 0 aromatic heterocycles. The van der Waals surface area contributed by atoms with E-state index in [1.165, 1.54) is 0 Å². The minimum Gasteiger partial charge on any atom is -0.382 e. The Morgan fingerprint density at radius 3 is 2.29 bits per heavy atom. The number of hydrogen-bond acceptors (Lipinski definition) is 2. The normalized spacial score (nSPS) is 20.0. The Bertz CT molecular complexity index is 373. The van der Waals surface area contributed by atoms with Crippen molar-refractivity contribution >= 4 is 0 Å². The van der Waals surface area contributed by atoms with Crippen molar-refractivity contribution in [2.75, 3.05) is 6.54 Å². The molecule has 2 N–H and O–H groups in total. The summed E-state index contributed by atoms with van der Waals surface area (Å²) in [4.78, 5) is 0. The number of aliphatic hydroxyl groups excluding tert-OH is 1. The van der Waals surface area contributed by atoms with E-state index in [4.69, 9.17) is 5.11 Å². The summed E-state index contributed by atoms with van der Waals surface area (Å²) in [5.41, 5.74) is 0.613. The summed E-state index contributed by atoms with van der Waals surface area (Å²) in [6.07, 6.45) is -5.24. The predicted molar refractivity (Wildman–Crippen MR) is 57.4 cm³/mol. The third kappa shape index (κ3) is 2.79. The highest BCUT2D eigenvalue weighted by atomic mass is 19.4. The number of alkyl halides is 3. The van der Waals surface area contributed by atoms with Crippen molar-refractivity contribution in [1.82, 2.24) is 5.32 Å². The van der Waals surface area contributed by atoms with Gasteiger partial charge in [0.05, 0.1) is 0 Å². The average molecular weight is 245 g/mol. The zero-order chi connectivity index (χ0) is 12.5. The second kappa shape index (κ2) is 4.31. The molecule has 0 radical (unpaired) electrons. The maximum Gasteiger partial charge on any atom is 0.415 e. The van der Waals surface area contributed by atoms with Crippen LogP contribution in [0.15, 0.2) is 30.3 Å². The van der Waals surface area contributed by atoms with Crippen LogP contribution in [0.5, 0.6) is 0 Å². The molecule has 1 aliphatic carbocycles. The third-order valence-electron chi connectivity index (χ3n) is 3.09. The number of aliphatic hydroxyl groups is 1. The van der Waals surface area contributed by atoms with Crippen LogP contribution in [0.4, 0.5) is 13.2 Å². The Morgan fingerprint density at radius 2 is 1.82 bits per heavy atom. The Kier molecular flexibility index (Phi) is 3.14. The zero-order valence-electron chi connectivity index (χ0n) is 9.17. The van der Waals surface area contributed by atoms with Gasteiger partial charge in [0.2, 0.25) is 0 Å². The highest BCUT2D eigenvalue weighted by Crippen LogP contribution is 2.45. The summed E-state index contributed by atoms with van der Waals surface area (Å²) in [5.74, 6) is 0. The lowest BCUT2D eigenvalue weighted by Crippen LogP contribution is -2.42. The van der Waals surface area contributed by atoms with Crippen molar-refractivity contribution in [2.45, 2.75) is 30.7 Å². The highest BCUT2D eigenvalue weighted by Gasteiger charge is 2.46. The monoisotopic (exact) mass is 245 g/mol. The van der Waals surface area contributed by atoms with Crippen LogP contribution in [0.25, 0.3) is 0 Å². The summed E-state index contributed by atoms with van der Waals surface area (Å²) in [7, 11) is 0. The second-order valence-corrected chi connectivity index (χ2v) is 4.39. The first kappa shape index (κ1) is 12.4. The van der Waals surface area contributed by atoms with Gasteiger partial charge in [0, 0.05) is 12.1 Å². The molecule has 1 aromatic carbocycles. The predicted octanol–water partition coefficient (Wildman–Crippen LogP) is 2.19. The van der Waals surface area contributed by atoms with Gasteiger partial charge in [-0.2, -0.15) is 13.2 Å². The summed E-state index contributed by atoms with van der Waals surface area (Å²) in [5, 5.41) is 11.8. The molecule has 1 atom stereocenters. The third-order valence-corrected chi connectivity index (χ3v) is 3.09. The van der Waals surface area contributed by atoms with Crippen molar-refractivity contribution in [3.8, 4) is 0 Å². The van der Waals surface area contributed by atoms with Crippen molar-refractivity contribution < 1.29 is 18.3 Å². The number of hydrogen-bond donors (Lipinski definition) is 2. The van der Waals surface area contributed by atoms with E-state index in [-0.39, 0.29) is 5.54 Å². The van der Waals surface area contributed by atoms with Crippen molar-refractivity contribution in [3.05, 3.63) is 35.9 Å². The molecule has 0 aliphatic heterocycles. The first-order valence-corrected chi connectivity index (χ1v) is 5.49. The summed E-state index contributed by atoms with van der Waals surface area (Å²) in [6, 6.07) is 9.36. The van der Waals surface area contributed by atoms with E-state index in [0.717, 1.165) is 18.4 Å². The fraction of sp³-hybridized carbons (Fsp3) is 0.500. The summed E-state index contributed by atoms with van der Waals surface area (Å²) < 4.78 is 36.5. The molecule has 0 saturated heterocycles. The number of rotatable bonds is 4. The maximum absolute atomic E-state index is 12.2. The maximum atomic E-state index is 12.2. The standard InChI is InChI=1S/C12H14F3NO/c13-12(14,15)10(17)8-16-11(6-7-11)9-4-2-1-3-5-9/h1-5,10,16-17H,6-8H2/t10-/m0/s1. The van der Waals surface area contributed by atoms with E-state index in [0.29, 0.717) is 0 Å². The number of halogens is 3. The van der Waals surface area contributed by atoms with Crippen molar-refractivity contribution in [1.29, 1.82) is 0 Å². The Balaban J connectivity index is 1.96. The minimum absolute atomic E-state index is 0.368. The summed E-state index contributed by atoms with van der Waals surface area (Å²) in [6.45, 7) is -0.460. The van der Waals surface area contributed by atoms with Gasteiger partial charge in [0.15, 0.2) is 6.10 Å². The van der Waals surface area contributed by atoms with E-state index in [1.807, 2.05) is 30.3 Å². The lowest BCUT2D eigenvalue weighted by Gasteiger charge is -2.21. The van der Waals surface area contributed by atoms with Crippen LogP contribution in [-0.4, -0.2) is 23.9 Å². The van der Waals surface area contributed by atoms with Gasteiger partial charge in [-0.15, -0.1) is 0 Å². The van der Waals surface area contributed by atoms with Gasteiger partial charge < -0.3 is 10.4 Å². The topological polar surface area (TPSA) is 32.3 Å². The summed E-state index contributed by atoms with van der Waals surface area (Å²) >= 11 is 0. The SMILES string of the molecule is O[C@@H](CNC1(c2ccccc2)CC1)C(F)(F)F. The largest absolute Gasteiger partial charge is 0.415 e. The van der Waals surface area contributed by atoms with Gasteiger partial charge in [0.25, 0.3) is 0 Å². The molecule has 0 unspecified atom stereocenters. The molecule has 5 heteroatoms. The van der Waals surface area contributed by atoms with Gasteiger partial charge in [-0.3, -0.25) is 0 Å². The fourth-order valence-electron chi connectivity index (χ4n) is 1.86. The smallest absolute Gasteiger partial charge is 0.382 e. The quantitative estimate of drug-likeness (QED) is 0.852. The number of nitrogens with one attached hydrogen (secondary N) is 1. The molecule has 0 spiro atoms. The molecule has 0 amide bonds. The van der Waals surface area contributed by atoms with Crippen LogP contribution in [0.2, 0.25) is 0 Å². The molecule has 1 aromatic rings. The van der Waals surface area contributed by atoms with E-state index in [2.05, 4.69) is 5.32 Å². The molecule has 1 fully saturated rings. The van der Waals surface area contributed by atoms with Crippen LogP contribution < -0.4 is 5.32 Å². The van der Waals surface area contributed by atoms with Crippen LogP contribution in [0.1, 0.15) is 18.4 Å². The molecule has 0 bridgehead atoms. The number of benzene rings is 1. The van der Waals surface area contributed by atoms with E-state index >= 15 is 0 Å². The van der Waals surface area contributed by atoms with Crippen LogP contribution in [-0.2, 0) is 5.54 Å². The molecule has 1 aliphatic rings. The Morgan fingerprint density at radius 1 is 1.24 bits per heavy atom.